The minimum atomic E-state index is -3.76. The Balaban J connectivity index is 1.47. The number of thiazole rings is 1. The summed E-state index contributed by atoms with van der Waals surface area (Å²) in [6, 6.07) is 17.3. The number of sulfonamides is 1. The molecule has 2 N–H and O–H groups in total. The molecule has 0 fully saturated rings. The van der Waals surface area contributed by atoms with E-state index < -0.39 is 10.0 Å². The number of furan rings is 1. The number of hydrogen-bond acceptors (Lipinski definition) is 7. The molecule has 10 heteroatoms. The molecule has 0 atom stereocenters. The lowest BCUT2D eigenvalue weighted by atomic mass is 10.1. The Bertz CT molecular complexity index is 1680. The molecule has 3 aromatic heterocycles. The summed E-state index contributed by atoms with van der Waals surface area (Å²) in [4.78, 5) is 17.8. The summed E-state index contributed by atoms with van der Waals surface area (Å²) in [6.45, 7) is 1.99. The lowest BCUT2D eigenvalue weighted by Gasteiger charge is -2.00. The van der Waals surface area contributed by atoms with Gasteiger partial charge in [0.1, 0.15) is 16.1 Å². The first kappa shape index (κ1) is 20.3. The van der Waals surface area contributed by atoms with Crippen molar-refractivity contribution < 1.29 is 12.8 Å². The topological polar surface area (TPSA) is 121 Å². The van der Waals surface area contributed by atoms with E-state index in [0.29, 0.717) is 32.4 Å². The van der Waals surface area contributed by atoms with Gasteiger partial charge in [0.05, 0.1) is 4.90 Å². The maximum atomic E-state index is 12.8. The van der Waals surface area contributed by atoms with Crippen molar-refractivity contribution in [2.24, 2.45) is 5.14 Å². The molecule has 2 aromatic carbocycles. The Morgan fingerprint density at radius 2 is 1.84 bits per heavy atom. The molecule has 3 heterocycles. The van der Waals surface area contributed by atoms with Gasteiger partial charge >= 0.3 is 0 Å². The zero-order valence-corrected chi connectivity index (χ0v) is 18.4. The van der Waals surface area contributed by atoms with Crippen molar-refractivity contribution in [1.29, 1.82) is 0 Å². The fourth-order valence-electron chi connectivity index (χ4n) is 3.26. The Morgan fingerprint density at radius 1 is 1.06 bits per heavy atom. The van der Waals surface area contributed by atoms with Gasteiger partial charge in [-0.15, -0.1) is 5.10 Å². The average molecular weight is 465 g/mol. The lowest BCUT2D eigenvalue weighted by molar-refractivity contribution is 0.571. The highest BCUT2D eigenvalue weighted by Crippen LogP contribution is 2.24. The zero-order chi connectivity index (χ0) is 22.5. The van der Waals surface area contributed by atoms with E-state index in [1.807, 2.05) is 31.2 Å². The number of primary sulfonamides is 1. The number of aromatic nitrogens is 3. The van der Waals surface area contributed by atoms with E-state index in [2.05, 4.69) is 10.1 Å². The van der Waals surface area contributed by atoms with Gasteiger partial charge in [0.2, 0.25) is 15.0 Å². The Kier molecular flexibility index (Phi) is 4.77. The minimum Gasteiger partial charge on any atom is -0.457 e. The van der Waals surface area contributed by atoms with Crippen molar-refractivity contribution in [3.8, 4) is 22.7 Å². The summed E-state index contributed by atoms with van der Waals surface area (Å²) in [5.74, 6) is 1.52. The Labute approximate surface area is 186 Å². The molecule has 8 nitrogen and oxygen atoms in total. The molecule has 0 aliphatic carbocycles. The SMILES string of the molecule is Cc1cccc(-c2nc3sc(=Cc4ccc(-c5ccc(S(N)(=O)=O)cc5)o4)c(=O)n3n2)c1. The standard InChI is InChI=1S/C22H16N4O4S2/c1-13-3-2-4-15(11-13)20-24-22-26(25-20)21(27)19(31-22)12-16-7-10-18(30-16)14-5-8-17(9-6-14)32(23,28)29/h2-12H,1H3,(H2,23,28,29). The molecule has 0 radical (unpaired) electrons. The molecular formula is C22H16N4O4S2. The van der Waals surface area contributed by atoms with Gasteiger partial charge in [0, 0.05) is 17.2 Å². The molecule has 0 spiro atoms. The summed E-state index contributed by atoms with van der Waals surface area (Å²) in [7, 11) is -3.76. The molecule has 5 aromatic rings. The van der Waals surface area contributed by atoms with E-state index >= 15 is 0 Å². The molecule has 0 saturated heterocycles. The third-order valence-electron chi connectivity index (χ3n) is 4.83. The van der Waals surface area contributed by atoms with E-state index in [1.54, 1.807) is 30.3 Å². The van der Waals surface area contributed by atoms with Gasteiger partial charge in [0.25, 0.3) is 5.56 Å². The van der Waals surface area contributed by atoms with Crippen LogP contribution in [0.3, 0.4) is 0 Å². The van der Waals surface area contributed by atoms with Crippen molar-refractivity contribution >= 4 is 32.4 Å². The van der Waals surface area contributed by atoms with Crippen LogP contribution < -0.4 is 15.2 Å². The van der Waals surface area contributed by atoms with Gasteiger partial charge in [0.15, 0.2) is 5.82 Å². The predicted octanol–water partition coefficient (Wildman–Crippen LogP) is 2.58. The van der Waals surface area contributed by atoms with Crippen molar-refractivity contribution in [3.05, 3.63) is 86.9 Å². The highest BCUT2D eigenvalue weighted by atomic mass is 32.2. The van der Waals surface area contributed by atoms with E-state index in [4.69, 9.17) is 9.56 Å². The first-order valence-corrected chi connectivity index (χ1v) is 11.9. The zero-order valence-electron chi connectivity index (χ0n) is 16.7. The lowest BCUT2D eigenvalue weighted by Crippen LogP contribution is -2.23. The number of nitrogens with zero attached hydrogens (tertiary/aromatic N) is 3. The van der Waals surface area contributed by atoms with Crippen LogP contribution in [0.1, 0.15) is 11.3 Å². The van der Waals surface area contributed by atoms with Crippen LogP contribution in [0.15, 0.2) is 74.8 Å². The van der Waals surface area contributed by atoms with Crippen LogP contribution in [0.5, 0.6) is 0 Å². The first-order chi connectivity index (χ1) is 15.3. The second-order valence-corrected chi connectivity index (χ2v) is 9.76. The second-order valence-electron chi connectivity index (χ2n) is 7.19. The predicted molar refractivity (Wildman–Crippen MR) is 122 cm³/mol. The van der Waals surface area contributed by atoms with Crippen LogP contribution in [0.25, 0.3) is 33.7 Å². The molecule has 160 valence electrons. The monoisotopic (exact) mass is 464 g/mol. The van der Waals surface area contributed by atoms with Gasteiger partial charge in [-0.1, -0.05) is 35.1 Å². The molecule has 5 rings (SSSR count). The van der Waals surface area contributed by atoms with Crippen molar-refractivity contribution in [3.63, 3.8) is 0 Å². The maximum absolute atomic E-state index is 12.8. The molecule has 0 aliphatic heterocycles. The van der Waals surface area contributed by atoms with Crippen LogP contribution in [0, 0.1) is 6.92 Å². The number of nitrogens with two attached hydrogens (primary N) is 1. The van der Waals surface area contributed by atoms with Crippen LogP contribution in [-0.2, 0) is 10.0 Å². The van der Waals surface area contributed by atoms with Crippen LogP contribution >= 0.6 is 11.3 Å². The first-order valence-electron chi connectivity index (χ1n) is 9.49. The molecular weight excluding hydrogens is 448 g/mol. The highest BCUT2D eigenvalue weighted by molar-refractivity contribution is 7.89. The quantitative estimate of drug-likeness (QED) is 0.436. The number of benzene rings is 2. The fourth-order valence-corrected chi connectivity index (χ4v) is 4.67. The fraction of sp³-hybridized carbons (Fsp3) is 0.0455. The molecule has 32 heavy (non-hydrogen) atoms. The maximum Gasteiger partial charge on any atom is 0.291 e. The van der Waals surface area contributed by atoms with Crippen LogP contribution in [0.2, 0.25) is 0 Å². The minimum absolute atomic E-state index is 0.0232. The van der Waals surface area contributed by atoms with Crippen molar-refractivity contribution in [2.45, 2.75) is 11.8 Å². The Hall–Kier alpha value is -3.60. The van der Waals surface area contributed by atoms with Gasteiger partial charge in [-0.25, -0.2) is 13.6 Å². The highest BCUT2D eigenvalue weighted by Gasteiger charge is 2.13. The normalized spacial score (nSPS) is 12.6. The van der Waals surface area contributed by atoms with E-state index in [1.165, 1.54) is 28.0 Å². The van der Waals surface area contributed by atoms with Crippen LogP contribution in [0.4, 0.5) is 0 Å². The summed E-state index contributed by atoms with van der Waals surface area (Å²) in [5, 5.41) is 9.49. The molecule has 0 aliphatic rings. The molecule has 0 bridgehead atoms. The molecule has 0 unspecified atom stereocenters. The van der Waals surface area contributed by atoms with Crippen LogP contribution in [-0.4, -0.2) is 23.0 Å². The van der Waals surface area contributed by atoms with E-state index in [-0.39, 0.29) is 10.5 Å². The van der Waals surface area contributed by atoms with Gasteiger partial charge < -0.3 is 4.42 Å². The number of hydrogen-bond donors (Lipinski definition) is 1. The van der Waals surface area contributed by atoms with Gasteiger partial charge in [-0.05, 0) is 49.4 Å². The average Bonchev–Trinajstić information content (AvgIpc) is 3.45. The number of fused-ring (bicyclic) bond motifs is 1. The summed E-state index contributed by atoms with van der Waals surface area (Å²) in [6.07, 6.45) is 1.64. The van der Waals surface area contributed by atoms with Gasteiger partial charge in [-0.3, -0.25) is 4.79 Å². The summed E-state index contributed by atoms with van der Waals surface area (Å²) >= 11 is 1.23. The Morgan fingerprint density at radius 3 is 2.53 bits per heavy atom. The smallest absolute Gasteiger partial charge is 0.291 e. The van der Waals surface area contributed by atoms with Crippen molar-refractivity contribution in [1.82, 2.24) is 14.6 Å². The molecule has 0 saturated carbocycles. The molecule has 0 amide bonds. The summed E-state index contributed by atoms with van der Waals surface area (Å²) < 4.78 is 30.3. The van der Waals surface area contributed by atoms with Gasteiger partial charge in [-0.2, -0.15) is 9.50 Å². The van der Waals surface area contributed by atoms with E-state index in [9.17, 15) is 13.2 Å². The number of aryl methyl sites for hydroxylation is 1. The van der Waals surface area contributed by atoms with E-state index in [0.717, 1.165) is 11.1 Å². The third kappa shape index (κ3) is 3.75. The third-order valence-corrected chi connectivity index (χ3v) is 6.71. The largest absolute Gasteiger partial charge is 0.457 e. The second kappa shape index (κ2) is 7.52. The number of rotatable bonds is 4. The summed E-state index contributed by atoms with van der Waals surface area (Å²) in [5.41, 5.74) is 2.36. The van der Waals surface area contributed by atoms with Crippen molar-refractivity contribution in [2.75, 3.05) is 0 Å².